The monoisotopic (exact) mass is 512 g/mol. The average molecular weight is 512 g/mol. The van der Waals surface area contributed by atoms with Gasteiger partial charge in [-0.3, -0.25) is 0 Å². The molecule has 0 unspecified atom stereocenters. The predicted molar refractivity (Wildman–Crippen MR) is 120 cm³/mol. The van der Waals surface area contributed by atoms with Crippen molar-refractivity contribution in [2.24, 2.45) is 5.41 Å². The predicted octanol–water partition coefficient (Wildman–Crippen LogP) is 4.26. The van der Waals surface area contributed by atoms with E-state index in [-0.39, 0.29) is 30.9 Å². The Morgan fingerprint density at radius 1 is 1.11 bits per heavy atom. The Hall–Kier alpha value is -3.35. The van der Waals surface area contributed by atoms with E-state index >= 15 is 0 Å². The minimum absolute atomic E-state index is 0.0116. The van der Waals surface area contributed by atoms with E-state index in [0.717, 1.165) is 11.0 Å². The van der Waals surface area contributed by atoms with Crippen LogP contribution in [0.25, 0.3) is 11.2 Å². The summed E-state index contributed by atoms with van der Waals surface area (Å²) in [5.41, 5.74) is 0.647. The fourth-order valence-corrected chi connectivity index (χ4v) is 4.46. The Morgan fingerprint density at radius 3 is 2.47 bits per heavy atom. The van der Waals surface area contributed by atoms with Gasteiger partial charge in [-0.2, -0.15) is 13.9 Å². The van der Waals surface area contributed by atoms with Gasteiger partial charge in [-0.25, -0.2) is 23.4 Å². The molecular formula is C23H25F5N6O2. The largest absolute Gasteiger partial charge is 0.435 e. The van der Waals surface area contributed by atoms with Crippen LogP contribution in [-0.4, -0.2) is 63.8 Å². The quantitative estimate of drug-likeness (QED) is 0.216. The number of hydrogen-bond acceptors (Lipinski definition) is 7. The van der Waals surface area contributed by atoms with Gasteiger partial charge in [0, 0.05) is 26.1 Å². The third-order valence-corrected chi connectivity index (χ3v) is 6.32. The summed E-state index contributed by atoms with van der Waals surface area (Å²) in [6, 6.07) is 5.71. The first-order valence-corrected chi connectivity index (χ1v) is 11.4. The van der Waals surface area contributed by atoms with Gasteiger partial charge in [0.05, 0.1) is 18.9 Å². The number of rotatable bonds is 11. The van der Waals surface area contributed by atoms with E-state index in [1.54, 1.807) is 6.20 Å². The zero-order chi connectivity index (χ0) is 25.7. The summed E-state index contributed by atoms with van der Waals surface area (Å²) < 4.78 is 70.6. The topological polar surface area (TPSA) is 76.4 Å². The van der Waals surface area contributed by atoms with Crippen molar-refractivity contribution < 1.29 is 31.6 Å². The normalized spacial score (nSPS) is 15.8. The van der Waals surface area contributed by atoms with Gasteiger partial charge in [-0.1, -0.05) is 12.1 Å². The molecule has 8 nitrogen and oxygen atoms in total. The van der Waals surface area contributed by atoms with Gasteiger partial charge in [0.2, 0.25) is 0 Å². The molecule has 1 aliphatic heterocycles. The van der Waals surface area contributed by atoms with Crippen molar-refractivity contribution >= 4 is 23.3 Å². The van der Waals surface area contributed by atoms with Crippen LogP contribution in [0.5, 0.6) is 5.75 Å². The highest BCUT2D eigenvalue weighted by atomic mass is 19.3. The number of aldehydes is 1. The van der Waals surface area contributed by atoms with Gasteiger partial charge < -0.3 is 14.4 Å². The lowest BCUT2D eigenvalue weighted by molar-refractivity contribution is -0.112. The summed E-state index contributed by atoms with van der Waals surface area (Å²) in [4.78, 5) is 22.1. The molecule has 0 aliphatic carbocycles. The van der Waals surface area contributed by atoms with Gasteiger partial charge in [0.25, 0.3) is 6.43 Å². The molecule has 0 amide bonds. The maximum Gasteiger partial charge on any atom is 0.387 e. The number of piperidine rings is 1. The molecule has 1 aliphatic rings. The van der Waals surface area contributed by atoms with Gasteiger partial charge in [0.1, 0.15) is 29.9 Å². The van der Waals surface area contributed by atoms with E-state index in [1.165, 1.54) is 30.5 Å². The van der Waals surface area contributed by atoms with E-state index in [1.807, 2.05) is 4.90 Å². The van der Waals surface area contributed by atoms with Crippen LogP contribution in [0.15, 0.2) is 36.7 Å². The van der Waals surface area contributed by atoms with E-state index in [9.17, 15) is 26.8 Å². The van der Waals surface area contributed by atoms with Crippen molar-refractivity contribution in [1.29, 1.82) is 0 Å². The van der Waals surface area contributed by atoms with Crippen molar-refractivity contribution in [2.75, 3.05) is 24.5 Å². The smallest absolute Gasteiger partial charge is 0.387 e. The molecule has 0 radical (unpaired) electrons. The molecule has 0 saturated carbocycles. The molecule has 0 atom stereocenters. The summed E-state index contributed by atoms with van der Waals surface area (Å²) in [5, 5.41) is 4.54. The highest BCUT2D eigenvalue weighted by Crippen LogP contribution is 2.37. The van der Waals surface area contributed by atoms with E-state index in [4.69, 9.17) is 0 Å². The molecule has 1 aromatic carbocycles. The molecule has 3 heterocycles. The summed E-state index contributed by atoms with van der Waals surface area (Å²) in [7, 11) is 0. The summed E-state index contributed by atoms with van der Waals surface area (Å²) >= 11 is 0. The maximum atomic E-state index is 14.9. The van der Waals surface area contributed by atoms with Crippen LogP contribution < -0.4 is 9.64 Å². The zero-order valence-corrected chi connectivity index (χ0v) is 19.2. The van der Waals surface area contributed by atoms with E-state index in [2.05, 4.69) is 19.8 Å². The van der Waals surface area contributed by atoms with Gasteiger partial charge in [-0.05, 0) is 36.0 Å². The number of nitrogens with zero attached hydrogens (tertiary/aromatic N) is 6. The molecule has 1 fully saturated rings. The van der Waals surface area contributed by atoms with Crippen LogP contribution in [0.1, 0.15) is 24.8 Å². The molecular weight excluding hydrogens is 487 g/mol. The number of anilines is 1. The summed E-state index contributed by atoms with van der Waals surface area (Å²) in [6.45, 7) is -2.63. The van der Waals surface area contributed by atoms with Crippen LogP contribution in [0.4, 0.5) is 27.9 Å². The maximum absolute atomic E-state index is 14.9. The molecule has 3 aromatic rings. The van der Waals surface area contributed by atoms with Crippen molar-refractivity contribution in [3.05, 3.63) is 42.2 Å². The number of hydrogen-bond donors (Lipinski definition) is 0. The fourth-order valence-electron chi connectivity index (χ4n) is 4.46. The van der Waals surface area contributed by atoms with Gasteiger partial charge in [0.15, 0.2) is 5.65 Å². The number of halogens is 5. The highest BCUT2D eigenvalue weighted by Gasteiger charge is 2.37. The molecule has 36 heavy (non-hydrogen) atoms. The Kier molecular flexibility index (Phi) is 7.97. The van der Waals surface area contributed by atoms with Crippen LogP contribution in [0.3, 0.4) is 0 Å². The SMILES string of the molecule is O=CCC1(CN(F)Cc2ccc(OC(F)F)cc2)CCN(c2cnc3cnn(CC(F)F)c3n2)CC1. The standard InChI is InChI=1S/C23H25F5N6O2/c24-19(25)14-34-21-18(11-30-34)29-12-20(31-21)32-8-5-23(6-9-32,7-10-35)15-33(28)13-16-1-3-17(4-2-16)36-22(26)27/h1-4,10-12,19,22H,5-9,13-15H2. The second-order valence-electron chi connectivity index (χ2n) is 8.81. The number of aromatic nitrogens is 4. The second kappa shape index (κ2) is 11.1. The molecule has 0 N–H and O–H groups in total. The fraction of sp³-hybridized carbons (Fsp3) is 0.478. The highest BCUT2D eigenvalue weighted by molar-refractivity contribution is 5.71. The Bertz CT molecular complexity index is 1150. The van der Waals surface area contributed by atoms with Gasteiger partial charge >= 0.3 is 6.61 Å². The lowest BCUT2D eigenvalue weighted by Crippen LogP contribution is -2.45. The van der Waals surface area contributed by atoms with E-state index < -0.39 is 25.0 Å². The Labute approximate surface area is 203 Å². The van der Waals surface area contributed by atoms with Crippen molar-refractivity contribution in [1.82, 2.24) is 24.9 Å². The number of ether oxygens (including phenoxy) is 1. The molecule has 4 rings (SSSR count). The number of fused-ring (bicyclic) bond motifs is 1. The third-order valence-electron chi connectivity index (χ3n) is 6.32. The number of carbonyl (C=O) groups is 1. The number of carbonyl (C=O) groups excluding carboxylic acids is 1. The lowest BCUT2D eigenvalue weighted by Gasteiger charge is -2.42. The zero-order valence-electron chi connectivity index (χ0n) is 19.2. The molecule has 0 bridgehead atoms. The van der Waals surface area contributed by atoms with Gasteiger partial charge in [-0.15, -0.1) is 9.60 Å². The Balaban J connectivity index is 1.39. The van der Waals surface area contributed by atoms with Crippen molar-refractivity contribution in [3.63, 3.8) is 0 Å². The second-order valence-corrected chi connectivity index (χ2v) is 8.81. The molecule has 1 saturated heterocycles. The van der Waals surface area contributed by atoms with Crippen LogP contribution >= 0.6 is 0 Å². The van der Waals surface area contributed by atoms with E-state index in [0.29, 0.717) is 48.0 Å². The number of benzene rings is 1. The first kappa shape index (κ1) is 25.7. The molecule has 13 heteroatoms. The molecule has 2 aromatic heterocycles. The third kappa shape index (κ3) is 6.25. The van der Waals surface area contributed by atoms with Crippen molar-refractivity contribution in [3.8, 4) is 5.75 Å². The minimum atomic E-state index is -2.93. The Morgan fingerprint density at radius 2 is 1.83 bits per heavy atom. The average Bonchev–Trinajstić information content (AvgIpc) is 3.22. The molecule has 0 spiro atoms. The van der Waals surface area contributed by atoms with Crippen LogP contribution in [-0.2, 0) is 17.9 Å². The number of alkyl halides is 4. The lowest BCUT2D eigenvalue weighted by atomic mass is 9.75. The first-order chi connectivity index (χ1) is 17.3. The van der Waals surface area contributed by atoms with Crippen molar-refractivity contribution in [2.45, 2.75) is 45.4 Å². The summed E-state index contributed by atoms with van der Waals surface area (Å²) in [5.74, 6) is 0.490. The summed E-state index contributed by atoms with van der Waals surface area (Å²) in [6.07, 6.45) is 2.32. The first-order valence-electron chi connectivity index (χ1n) is 11.4. The van der Waals surface area contributed by atoms with Crippen LogP contribution in [0.2, 0.25) is 0 Å². The molecule has 194 valence electrons. The minimum Gasteiger partial charge on any atom is -0.435 e. The van der Waals surface area contributed by atoms with Crippen LogP contribution in [0, 0.1) is 5.41 Å².